The van der Waals surface area contributed by atoms with Crippen molar-refractivity contribution in [3.05, 3.63) is 35.9 Å². The van der Waals surface area contributed by atoms with Crippen LogP contribution in [0.4, 0.5) is 0 Å². The predicted octanol–water partition coefficient (Wildman–Crippen LogP) is 0.133. The minimum atomic E-state index is -3.33. The highest BCUT2D eigenvalue weighted by molar-refractivity contribution is 7.89. The summed E-state index contributed by atoms with van der Waals surface area (Å²) >= 11 is 0. The van der Waals surface area contributed by atoms with Crippen LogP contribution in [0.1, 0.15) is 18.4 Å². The van der Waals surface area contributed by atoms with Crippen molar-refractivity contribution in [1.29, 1.82) is 0 Å². The maximum Gasteiger partial charge on any atom is 0.224 e. The lowest BCUT2D eigenvalue weighted by molar-refractivity contribution is -0.138. The van der Waals surface area contributed by atoms with Crippen LogP contribution in [0.15, 0.2) is 30.3 Å². The Hall–Kier alpha value is -1.93. The highest BCUT2D eigenvalue weighted by Gasteiger charge is 2.29. The second-order valence-corrected chi connectivity index (χ2v) is 8.17. The van der Waals surface area contributed by atoms with Crippen LogP contribution < -0.4 is 10.0 Å². The number of hydrogen-bond acceptors (Lipinski definition) is 4. The topological polar surface area (TPSA) is 95.6 Å². The van der Waals surface area contributed by atoms with Gasteiger partial charge in [-0.3, -0.25) is 9.59 Å². The van der Waals surface area contributed by atoms with Gasteiger partial charge in [-0.1, -0.05) is 30.3 Å². The molecule has 1 atom stereocenters. The van der Waals surface area contributed by atoms with Crippen LogP contribution in [0.5, 0.6) is 0 Å². The molecule has 7 nitrogen and oxygen atoms in total. The Morgan fingerprint density at radius 1 is 1.28 bits per heavy atom. The summed E-state index contributed by atoms with van der Waals surface area (Å²) in [4.78, 5) is 26.0. The quantitative estimate of drug-likeness (QED) is 0.683. The number of piperidine rings is 1. The zero-order valence-corrected chi connectivity index (χ0v) is 15.2. The van der Waals surface area contributed by atoms with Crippen LogP contribution >= 0.6 is 0 Å². The number of amides is 2. The maximum atomic E-state index is 12.2. The third kappa shape index (κ3) is 6.13. The van der Waals surface area contributed by atoms with Crippen molar-refractivity contribution in [3.63, 3.8) is 0 Å². The fourth-order valence-corrected chi connectivity index (χ4v) is 3.38. The third-order valence-electron chi connectivity index (χ3n) is 4.37. The fourth-order valence-electron chi connectivity index (χ4n) is 2.81. The van der Waals surface area contributed by atoms with Crippen molar-refractivity contribution in [2.24, 2.45) is 5.92 Å². The zero-order valence-electron chi connectivity index (χ0n) is 14.4. The van der Waals surface area contributed by atoms with E-state index in [4.69, 9.17) is 0 Å². The Bertz CT molecular complexity index is 691. The van der Waals surface area contributed by atoms with Crippen LogP contribution in [-0.4, -0.2) is 57.6 Å². The molecule has 1 aliphatic rings. The van der Waals surface area contributed by atoms with Crippen LogP contribution in [0.25, 0.3) is 0 Å². The van der Waals surface area contributed by atoms with E-state index in [1.165, 1.54) is 7.05 Å². The summed E-state index contributed by atoms with van der Waals surface area (Å²) < 4.78 is 24.9. The summed E-state index contributed by atoms with van der Waals surface area (Å²) in [5.74, 6) is -0.564. The van der Waals surface area contributed by atoms with Crippen molar-refractivity contribution in [3.8, 4) is 0 Å². The number of nitrogens with one attached hydrogen (secondary N) is 2. The highest BCUT2D eigenvalue weighted by atomic mass is 32.2. The van der Waals surface area contributed by atoms with Crippen molar-refractivity contribution in [2.45, 2.75) is 19.3 Å². The van der Waals surface area contributed by atoms with Crippen molar-refractivity contribution in [1.82, 2.24) is 14.9 Å². The molecule has 2 rings (SSSR count). The van der Waals surface area contributed by atoms with Crippen LogP contribution in [-0.2, 0) is 26.0 Å². The number of rotatable bonds is 8. The second-order valence-electron chi connectivity index (χ2n) is 6.12. The number of benzene rings is 1. The number of likely N-dealkylation sites (tertiary alicyclic amines) is 1. The molecule has 2 N–H and O–H groups in total. The molecule has 25 heavy (non-hydrogen) atoms. The van der Waals surface area contributed by atoms with E-state index in [9.17, 15) is 18.0 Å². The first-order valence-corrected chi connectivity index (χ1v) is 10.1. The average Bonchev–Trinajstić information content (AvgIpc) is 2.61. The van der Waals surface area contributed by atoms with Gasteiger partial charge in [-0.2, -0.15) is 0 Å². The van der Waals surface area contributed by atoms with Crippen LogP contribution in [0, 0.1) is 5.92 Å². The van der Waals surface area contributed by atoms with Crippen LogP contribution in [0.2, 0.25) is 0 Å². The highest BCUT2D eigenvalue weighted by Crippen LogP contribution is 2.18. The number of nitrogens with zero attached hydrogens (tertiary/aromatic N) is 1. The molecule has 8 heteroatoms. The molecule has 1 heterocycles. The van der Waals surface area contributed by atoms with E-state index in [2.05, 4.69) is 10.0 Å². The first-order chi connectivity index (χ1) is 11.9. The fraction of sp³-hybridized carbons (Fsp3) is 0.529. The maximum absolute atomic E-state index is 12.2. The minimum absolute atomic E-state index is 0.0659. The van der Waals surface area contributed by atoms with Crippen molar-refractivity contribution in [2.75, 3.05) is 32.4 Å². The lowest BCUT2D eigenvalue weighted by Crippen LogP contribution is -2.47. The van der Waals surface area contributed by atoms with E-state index in [1.54, 1.807) is 4.90 Å². The molecule has 1 unspecified atom stereocenters. The van der Waals surface area contributed by atoms with Gasteiger partial charge in [0, 0.05) is 26.1 Å². The Morgan fingerprint density at radius 2 is 2.00 bits per heavy atom. The summed E-state index contributed by atoms with van der Waals surface area (Å²) in [7, 11) is -1.99. The first-order valence-electron chi connectivity index (χ1n) is 8.42. The standard InChI is InChI=1S/C17H25N3O4S/c1-18-25(23,24)12-10-19-17(22)15-7-8-16(21)20(13-15)11-9-14-5-3-2-4-6-14/h2-6,15,18H,7-13H2,1H3,(H,19,22). The molecule has 1 aromatic carbocycles. The largest absolute Gasteiger partial charge is 0.355 e. The Balaban J connectivity index is 1.82. The van der Waals surface area contributed by atoms with Gasteiger partial charge >= 0.3 is 0 Å². The van der Waals surface area contributed by atoms with Gasteiger partial charge < -0.3 is 10.2 Å². The molecule has 0 aliphatic carbocycles. The van der Waals surface area contributed by atoms with Gasteiger partial charge in [-0.05, 0) is 25.5 Å². The Kier molecular flexibility index (Phi) is 6.95. The summed E-state index contributed by atoms with van der Waals surface area (Å²) in [5.41, 5.74) is 1.15. The van der Waals surface area contributed by atoms with E-state index in [1.807, 2.05) is 30.3 Å². The zero-order chi connectivity index (χ0) is 18.3. The molecule has 138 valence electrons. The number of sulfonamides is 1. The predicted molar refractivity (Wildman–Crippen MR) is 95.3 cm³/mol. The normalized spacial score (nSPS) is 18.2. The third-order valence-corrected chi connectivity index (χ3v) is 5.73. The van der Waals surface area contributed by atoms with E-state index in [0.717, 1.165) is 12.0 Å². The molecule has 1 aromatic rings. The Labute approximate surface area is 148 Å². The molecule has 0 aromatic heterocycles. The summed E-state index contributed by atoms with van der Waals surface area (Å²) in [6.45, 7) is 1.04. The summed E-state index contributed by atoms with van der Waals surface area (Å²) in [6, 6.07) is 9.90. The molecule has 0 saturated carbocycles. The van der Waals surface area contributed by atoms with Gasteiger partial charge in [-0.25, -0.2) is 13.1 Å². The summed E-state index contributed by atoms with van der Waals surface area (Å²) in [6.07, 6.45) is 1.61. The molecule has 1 fully saturated rings. The Morgan fingerprint density at radius 3 is 2.68 bits per heavy atom. The molecule has 2 amide bonds. The molecule has 1 aliphatic heterocycles. The molecule has 1 saturated heterocycles. The molecular formula is C17H25N3O4S. The van der Waals surface area contributed by atoms with E-state index < -0.39 is 10.0 Å². The van der Waals surface area contributed by atoms with Crippen LogP contribution in [0.3, 0.4) is 0 Å². The van der Waals surface area contributed by atoms with Gasteiger partial charge in [-0.15, -0.1) is 0 Å². The number of carbonyl (C=O) groups excluding carboxylic acids is 2. The van der Waals surface area contributed by atoms with E-state index in [-0.39, 0.29) is 30.0 Å². The SMILES string of the molecule is CNS(=O)(=O)CCNC(=O)C1CCC(=O)N(CCc2ccccc2)C1. The minimum Gasteiger partial charge on any atom is -0.355 e. The monoisotopic (exact) mass is 367 g/mol. The number of hydrogen-bond donors (Lipinski definition) is 2. The molecular weight excluding hydrogens is 342 g/mol. The molecule has 0 bridgehead atoms. The number of carbonyl (C=O) groups is 2. The second kappa shape index (κ2) is 8.96. The lowest BCUT2D eigenvalue weighted by atomic mass is 9.96. The van der Waals surface area contributed by atoms with E-state index >= 15 is 0 Å². The van der Waals surface area contributed by atoms with Crippen molar-refractivity contribution >= 4 is 21.8 Å². The van der Waals surface area contributed by atoms with Gasteiger partial charge in [0.05, 0.1) is 11.7 Å². The molecule has 0 spiro atoms. The van der Waals surface area contributed by atoms with E-state index in [0.29, 0.717) is 25.9 Å². The van der Waals surface area contributed by atoms with Gasteiger partial charge in [0.2, 0.25) is 21.8 Å². The average molecular weight is 367 g/mol. The van der Waals surface area contributed by atoms with Gasteiger partial charge in [0.25, 0.3) is 0 Å². The first kappa shape index (κ1) is 19.4. The smallest absolute Gasteiger partial charge is 0.224 e. The summed E-state index contributed by atoms with van der Waals surface area (Å²) in [5, 5.41) is 2.66. The molecule has 0 radical (unpaired) electrons. The van der Waals surface area contributed by atoms with Crippen molar-refractivity contribution < 1.29 is 18.0 Å². The van der Waals surface area contributed by atoms with Gasteiger partial charge in [0.15, 0.2) is 0 Å². The van der Waals surface area contributed by atoms with Gasteiger partial charge in [0.1, 0.15) is 0 Å². The lowest BCUT2D eigenvalue weighted by Gasteiger charge is -2.32.